The van der Waals surface area contributed by atoms with E-state index in [4.69, 9.17) is 5.73 Å². The number of amides is 2. The van der Waals surface area contributed by atoms with E-state index in [0.717, 1.165) is 0 Å². The average molecular weight is 235 g/mol. The Morgan fingerprint density at radius 3 is 2.24 bits per heavy atom. The minimum absolute atomic E-state index is 0.0172. The van der Waals surface area contributed by atoms with E-state index < -0.39 is 11.9 Å². The van der Waals surface area contributed by atoms with Crippen LogP contribution < -0.4 is 16.6 Å². The summed E-state index contributed by atoms with van der Waals surface area (Å²) in [6.07, 6.45) is 0. The molecule has 1 rings (SSSR count). The Bertz CT molecular complexity index is 390. The molecule has 1 aromatic rings. The zero-order valence-corrected chi connectivity index (χ0v) is 9.94. The van der Waals surface area contributed by atoms with Crippen molar-refractivity contribution in [2.45, 2.75) is 19.9 Å². The summed E-state index contributed by atoms with van der Waals surface area (Å²) in [5.41, 5.74) is 10.7. The summed E-state index contributed by atoms with van der Waals surface area (Å²) >= 11 is 0. The van der Waals surface area contributed by atoms with Crippen molar-refractivity contribution in [3.63, 3.8) is 0 Å². The topological polar surface area (TPSA) is 84.2 Å². The number of benzene rings is 1. The van der Waals surface area contributed by atoms with Crippen LogP contribution in [0.4, 0.5) is 0 Å². The van der Waals surface area contributed by atoms with Crippen molar-refractivity contribution < 1.29 is 9.59 Å². The molecular formula is C12H17N3O2. The van der Waals surface area contributed by atoms with E-state index in [1.165, 1.54) is 0 Å². The summed E-state index contributed by atoms with van der Waals surface area (Å²) < 4.78 is 0. The first-order valence-electron chi connectivity index (χ1n) is 5.43. The van der Waals surface area contributed by atoms with Gasteiger partial charge >= 0.3 is 0 Å². The number of rotatable bonds is 3. The van der Waals surface area contributed by atoms with Gasteiger partial charge in [0.15, 0.2) is 0 Å². The lowest BCUT2D eigenvalue weighted by atomic mass is 10.1. The third-order valence-electron chi connectivity index (χ3n) is 2.36. The molecule has 0 saturated heterocycles. The molecule has 5 nitrogen and oxygen atoms in total. The smallest absolute Gasteiger partial charge is 0.269 e. The molecule has 0 bridgehead atoms. The molecule has 1 unspecified atom stereocenters. The standard InChI is InChI=1S/C12H17N3O2/c1-8(2)10(13)12(17)15-14-11(16)9-6-4-3-5-7-9/h3-8,10H,13H2,1-2H3,(H,14,16)(H,15,17). The minimum Gasteiger partial charge on any atom is -0.320 e. The Hall–Kier alpha value is -1.88. The number of nitrogens with two attached hydrogens (primary N) is 1. The third-order valence-corrected chi connectivity index (χ3v) is 2.36. The number of carbonyl (C=O) groups is 2. The third kappa shape index (κ3) is 3.88. The van der Waals surface area contributed by atoms with Crippen molar-refractivity contribution >= 4 is 11.8 Å². The second-order valence-electron chi connectivity index (χ2n) is 4.08. The molecule has 17 heavy (non-hydrogen) atoms. The molecule has 2 amide bonds. The second kappa shape index (κ2) is 6.00. The predicted molar refractivity (Wildman–Crippen MR) is 64.9 cm³/mol. The lowest BCUT2D eigenvalue weighted by Crippen LogP contribution is -2.51. The van der Waals surface area contributed by atoms with E-state index >= 15 is 0 Å². The molecule has 0 aliphatic carbocycles. The van der Waals surface area contributed by atoms with E-state index in [0.29, 0.717) is 5.56 Å². The van der Waals surface area contributed by atoms with Crippen LogP contribution in [0.2, 0.25) is 0 Å². The quantitative estimate of drug-likeness (QED) is 0.664. The SMILES string of the molecule is CC(C)C(N)C(=O)NNC(=O)c1ccccc1. The summed E-state index contributed by atoms with van der Waals surface area (Å²) in [5, 5.41) is 0. The first-order chi connectivity index (χ1) is 8.02. The highest BCUT2D eigenvalue weighted by Crippen LogP contribution is 1.98. The van der Waals surface area contributed by atoms with Gasteiger partial charge in [0.1, 0.15) is 0 Å². The van der Waals surface area contributed by atoms with Gasteiger partial charge in [-0.1, -0.05) is 32.0 Å². The summed E-state index contributed by atoms with van der Waals surface area (Å²) in [5.74, 6) is -0.747. The Morgan fingerprint density at radius 1 is 1.12 bits per heavy atom. The van der Waals surface area contributed by atoms with Gasteiger partial charge in [0.25, 0.3) is 11.8 Å². The molecule has 0 fully saturated rings. The number of carbonyl (C=O) groups excluding carboxylic acids is 2. The van der Waals surface area contributed by atoms with E-state index in [9.17, 15) is 9.59 Å². The van der Waals surface area contributed by atoms with Gasteiger partial charge in [-0.05, 0) is 18.1 Å². The van der Waals surface area contributed by atoms with Crippen LogP contribution in [0.5, 0.6) is 0 Å². The largest absolute Gasteiger partial charge is 0.320 e. The normalized spacial score (nSPS) is 12.0. The fraction of sp³-hybridized carbons (Fsp3) is 0.333. The van der Waals surface area contributed by atoms with Crippen LogP contribution in [0.1, 0.15) is 24.2 Å². The molecule has 0 saturated carbocycles. The predicted octanol–water partition coefficient (Wildman–Crippen LogP) is 0.431. The van der Waals surface area contributed by atoms with Crippen LogP contribution in [0.3, 0.4) is 0 Å². The van der Waals surface area contributed by atoms with Crippen molar-refractivity contribution in [3.05, 3.63) is 35.9 Å². The van der Waals surface area contributed by atoms with Crippen LogP contribution >= 0.6 is 0 Å². The molecule has 0 spiro atoms. The van der Waals surface area contributed by atoms with Gasteiger partial charge < -0.3 is 5.73 Å². The van der Waals surface area contributed by atoms with E-state index in [2.05, 4.69) is 10.9 Å². The second-order valence-corrected chi connectivity index (χ2v) is 4.08. The molecule has 1 atom stereocenters. The van der Waals surface area contributed by atoms with Crippen LogP contribution in [0, 0.1) is 5.92 Å². The lowest BCUT2D eigenvalue weighted by Gasteiger charge is -2.15. The zero-order chi connectivity index (χ0) is 12.8. The van der Waals surface area contributed by atoms with Crippen LogP contribution in [-0.4, -0.2) is 17.9 Å². The summed E-state index contributed by atoms with van der Waals surface area (Å²) in [6.45, 7) is 3.67. The summed E-state index contributed by atoms with van der Waals surface area (Å²) in [6, 6.07) is 7.98. The molecule has 0 heterocycles. The number of hydrogen-bond acceptors (Lipinski definition) is 3. The highest BCUT2D eigenvalue weighted by atomic mass is 16.2. The van der Waals surface area contributed by atoms with Gasteiger partial charge in [-0.3, -0.25) is 20.4 Å². The molecule has 1 aromatic carbocycles. The van der Waals surface area contributed by atoms with E-state index in [-0.39, 0.29) is 11.8 Å². The molecule has 0 radical (unpaired) electrons. The van der Waals surface area contributed by atoms with Crippen molar-refractivity contribution in [3.8, 4) is 0 Å². The zero-order valence-electron chi connectivity index (χ0n) is 9.94. The fourth-order valence-corrected chi connectivity index (χ4v) is 1.17. The van der Waals surface area contributed by atoms with Crippen molar-refractivity contribution in [2.24, 2.45) is 11.7 Å². The highest BCUT2D eigenvalue weighted by Gasteiger charge is 2.17. The maximum Gasteiger partial charge on any atom is 0.269 e. The van der Waals surface area contributed by atoms with Gasteiger partial charge in [-0.15, -0.1) is 0 Å². The molecule has 5 heteroatoms. The first kappa shape index (κ1) is 13.2. The van der Waals surface area contributed by atoms with Crippen molar-refractivity contribution in [2.75, 3.05) is 0 Å². The molecule has 4 N–H and O–H groups in total. The highest BCUT2D eigenvalue weighted by molar-refractivity contribution is 5.95. The van der Waals surface area contributed by atoms with Crippen molar-refractivity contribution in [1.82, 2.24) is 10.9 Å². The lowest BCUT2D eigenvalue weighted by molar-refractivity contribution is -0.124. The summed E-state index contributed by atoms with van der Waals surface area (Å²) in [7, 11) is 0. The molecule has 0 aliphatic rings. The monoisotopic (exact) mass is 235 g/mol. The number of hydrogen-bond donors (Lipinski definition) is 3. The maximum absolute atomic E-state index is 11.6. The number of hydrazine groups is 1. The van der Waals surface area contributed by atoms with Gasteiger partial charge in [-0.2, -0.15) is 0 Å². The minimum atomic E-state index is -0.633. The average Bonchev–Trinajstić information content (AvgIpc) is 2.35. The fourth-order valence-electron chi connectivity index (χ4n) is 1.17. The van der Waals surface area contributed by atoms with Crippen LogP contribution in [-0.2, 0) is 4.79 Å². The van der Waals surface area contributed by atoms with Crippen molar-refractivity contribution in [1.29, 1.82) is 0 Å². The first-order valence-corrected chi connectivity index (χ1v) is 5.43. The van der Waals surface area contributed by atoms with Gasteiger partial charge in [0.05, 0.1) is 6.04 Å². The number of nitrogens with one attached hydrogen (secondary N) is 2. The molecule has 0 aliphatic heterocycles. The van der Waals surface area contributed by atoms with E-state index in [1.807, 2.05) is 19.9 Å². The Kier molecular flexibility index (Phi) is 4.66. The maximum atomic E-state index is 11.6. The Labute approximate surface area is 100 Å². The Morgan fingerprint density at radius 2 is 1.71 bits per heavy atom. The van der Waals surface area contributed by atoms with Crippen LogP contribution in [0.25, 0.3) is 0 Å². The Balaban J connectivity index is 2.47. The van der Waals surface area contributed by atoms with E-state index in [1.54, 1.807) is 24.3 Å². The molecular weight excluding hydrogens is 218 g/mol. The van der Waals surface area contributed by atoms with Gasteiger partial charge in [0, 0.05) is 5.56 Å². The van der Waals surface area contributed by atoms with Gasteiger partial charge in [0.2, 0.25) is 0 Å². The molecule has 92 valence electrons. The summed E-state index contributed by atoms with van der Waals surface area (Å²) in [4.78, 5) is 23.0. The molecule has 0 aromatic heterocycles. The van der Waals surface area contributed by atoms with Crippen LogP contribution in [0.15, 0.2) is 30.3 Å². The van der Waals surface area contributed by atoms with Gasteiger partial charge in [-0.25, -0.2) is 0 Å².